The molecule has 2 aliphatic heterocycles. The maximum absolute atomic E-state index is 13.5. The van der Waals surface area contributed by atoms with Gasteiger partial charge < -0.3 is 26.0 Å². The van der Waals surface area contributed by atoms with Gasteiger partial charge >= 0.3 is 6.09 Å². The van der Waals surface area contributed by atoms with E-state index >= 15 is 0 Å². The van der Waals surface area contributed by atoms with Crippen molar-refractivity contribution in [3.05, 3.63) is 133 Å². The van der Waals surface area contributed by atoms with E-state index in [9.17, 15) is 19.2 Å². The van der Waals surface area contributed by atoms with Crippen molar-refractivity contribution < 1.29 is 23.9 Å². The van der Waals surface area contributed by atoms with Crippen LogP contribution in [0.3, 0.4) is 0 Å². The molecule has 7 rings (SSSR count). The molecule has 2 heterocycles. The first-order valence-electron chi connectivity index (χ1n) is 20.0. The van der Waals surface area contributed by atoms with Gasteiger partial charge in [0.15, 0.2) is 0 Å². The minimum absolute atomic E-state index is 0.131. The average molecular weight is 779 g/mol. The molecule has 0 bridgehead atoms. The van der Waals surface area contributed by atoms with Gasteiger partial charge in [-0.3, -0.25) is 24.6 Å². The number of likely N-dealkylation sites (tertiary alicyclic amines) is 2. The predicted molar refractivity (Wildman–Crippen MR) is 228 cm³/mol. The minimum Gasteiger partial charge on any atom is -0.446 e. The molecule has 0 aromatic heterocycles. The summed E-state index contributed by atoms with van der Waals surface area (Å²) in [5.41, 5.74) is 13.2. The second-order valence-electron chi connectivity index (χ2n) is 14.9. The molecular weight excluding hydrogens is 729 g/mol. The number of piperidine rings is 2. The highest BCUT2D eigenvalue weighted by atomic mass is 16.6. The Bertz CT molecular complexity index is 2200. The van der Waals surface area contributed by atoms with E-state index in [1.807, 2.05) is 65.6 Å². The summed E-state index contributed by atoms with van der Waals surface area (Å²) in [7, 11) is 0. The Labute approximate surface area is 339 Å². The maximum Gasteiger partial charge on any atom is 0.411 e. The van der Waals surface area contributed by atoms with Crippen molar-refractivity contribution in [2.45, 2.75) is 31.8 Å². The fraction of sp³-hybridized carbons (Fsp3) is 0.277. The van der Waals surface area contributed by atoms with E-state index in [4.69, 9.17) is 10.5 Å². The smallest absolute Gasteiger partial charge is 0.411 e. The topological polar surface area (TPSA) is 146 Å². The van der Waals surface area contributed by atoms with E-state index in [2.05, 4.69) is 63.3 Å². The first-order valence-corrected chi connectivity index (χ1v) is 20.0. The molecule has 58 heavy (non-hydrogen) atoms. The van der Waals surface area contributed by atoms with Crippen LogP contribution in [0.25, 0.3) is 33.4 Å². The third-order valence-corrected chi connectivity index (χ3v) is 11.0. The quantitative estimate of drug-likeness (QED) is 0.0984. The molecule has 0 atom stereocenters. The number of nitrogens with zero attached hydrogens (tertiary/aromatic N) is 2. The molecule has 5 N–H and O–H groups in total. The molecule has 5 aromatic rings. The molecule has 2 saturated heterocycles. The number of anilines is 2. The van der Waals surface area contributed by atoms with Crippen LogP contribution in [0, 0.1) is 5.92 Å². The Morgan fingerprint density at radius 1 is 0.638 bits per heavy atom. The van der Waals surface area contributed by atoms with E-state index in [-0.39, 0.29) is 36.3 Å². The van der Waals surface area contributed by atoms with Crippen LogP contribution < -0.4 is 21.7 Å². The van der Waals surface area contributed by atoms with Gasteiger partial charge in [0, 0.05) is 48.9 Å². The molecule has 0 saturated carbocycles. The number of hydrogen-bond donors (Lipinski definition) is 4. The number of amides is 4. The average Bonchev–Trinajstić information content (AvgIpc) is 3.25. The molecular formula is C47H50N6O5. The lowest BCUT2D eigenvalue weighted by atomic mass is 9.88. The molecule has 11 heteroatoms. The molecule has 5 aromatic carbocycles. The summed E-state index contributed by atoms with van der Waals surface area (Å²) >= 11 is 0. The predicted octanol–water partition coefficient (Wildman–Crippen LogP) is 7.27. The fourth-order valence-corrected chi connectivity index (χ4v) is 7.86. The zero-order valence-electron chi connectivity index (χ0n) is 32.6. The second-order valence-corrected chi connectivity index (χ2v) is 14.9. The largest absolute Gasteiger partial charge is 0.446 e. The lowest BCUT2D eigenvalue weighted by molar-refractivity contribution is -0.123. The minimum atomic E-state index is -0.488. The van der Waals surface area contributed by atoms with E-state index < -0.39 is 6.09 Å². The highest BCUT2D eigenvalue weighted by molar-refractivity contribution is 6.02. The molecule has 0 spiro atoms. The van der Waals surface area contributed by atoms with Crippen LogP contribution in [0.1, 0.15) is 36.0 Å². The van der Waals surface area contributed by atoms with Crippen molar-refractivity contribution in [3.63, 3.8) is 0 Å². The Balaban J connectivity index is 0.896. The van der Waals surface area contributed by atoms with Crippen LogP contribution in [-0.4, -0.2) is 85.5 Å². The Morgan fingerprint density at radius 3 is 1.93 bits per heavy atom. The van der Waals surface area contributed by atoms with Gasteiger partial charge in [-0.1, -0.05) is 103 Å². The summed E-state index contributed by atoms with van der Waals surface area (Å²) in [6.07, 6.45) is 1.94. The van der Waals surface area contributed by atoms with Crippen molar-refractivity contribution in [3.8, 4) is 33.4 Å². The third-order valence-electron chi connectivity index (χ3n) is 11.0. The van der Waals surface area contributed by atoms with Crippen LogP contribution in [-0.2, 0) is 14.3 Å². The van der Waals surface area contributed by atoms with Crippen molar-refractivity contribution in [1.82, 2.24) is 15.1 Å². The number of nitrogens with two attached hydrogens (primary N) is 1. The number of hydrogen-bond acceptors (Lipinski definition) is 7. The standard InChI is InChI=1S/C47H50N6O5/c48-45(55)35-21-26-53(27-22-35)32-43(54)50-37-16-9-15-36(31-37)46(56)49-25-30-52-28-23-38(24-29-52)58-47(57)51-42-20-10-19-40(34-13-5-2-6-14-34)44(42)41-18-8-7-17-39(41)33-11-3-1-4-12-33/h1-20,31,35,38H,21-30,32H2,(H2,48,55)(H,49,56)(H,50,54)(H,51,57). The van der Waals surface area contributed by atoms with E-state index in [1.54, 1.807) is 24.3 Å². The van der Waals surface area contributed by atoms with Gasteiger partial charge in [0.2, 0.25) is 11.8 Å². The Morgan fingerprint density at radius 2 is 1.24 bits per heavy atom. The SMILES string of the molecule is NC(=O)C1CCN(CC(=O)Nc2cccc(C(=O)NCCN3CCC(OC(=O)Nc4cccc(-c5ccccc5)c4-c4ccccc4-c4ccccc4)CC3)c2)CC1. The van der Waals surface area contributed by atoms with Crippen LogP contribution in [0.5, 0.6) is 0 Å². The molecule has 2 fully saturated rings. The van der Waals surface area contributed by atoms with Crippen LogP contribution in [0.4, 0.5) is 16.2 Å². The highest BCUT2D eigenvalue weighted by Gasteiger charge is 2.26. The van der Waals surface area contributed by atoms with Crippen molar-refractivity contribution in [2.75, 3.05) is 56.4 Å². The molecule has 4 amide bonds. The van der Waals surface area contributed by atoms with Gasteiger partial charge in [-0.25, -0.2) is 4.79 Å². The Hall–Kier alpha value is -6.30. The molecule has 2 aliphatic rings. The first kappa shape index (κ1) is 39.9. The number of benzene rings is 5. The molecule has 11 nitrogen and oxygen atoms in total. The Kier molecular flexibility index (Phi) is 13.2. The van der Waals surface area contributed by atoms with E-state index in [0.717, 1.165) is 46.5 Å². The van der Waals surface area contributed by atoms with Crippen molar-refractivity contribution in [2.24, 2.45) is 11.7 Å². The summed E-state index contributed by atoms with van der Waals surface area (Å²) in [6, 6.07) is 41.5. The molecule has 0 unspecified atom stereocenters. The summed E-state index contributed by atoms with van der Waals surface area (Å²) < 4.78 is 5.99. The van der Waals surface area contributed by atoms with Crippen molar-refractivity contribution >= 4 is 35.2 Å². The molecule has 298 valence electrons. The number of rotatable bonds is 13. The molecule has 0 radical (unpaired) electrons. The van der Waals surface area contributed by atoms with Gasteiger partial charge in [-0.2, -0.15) is 0 Å². The molecule has 0 aliphatic carbocycles. The summed E-state index contributed by atoms with van der Waals surface area (Å²) in [5, 5.41) is 8.97. The van der Waals surface area contributed by atoms with Gasteiger partial charge in [-0.05, 0) is 90.9 Å². The van der Waals surface area contributed by atoms with Gasteiger partial charge in [0.05, 0.1) is 12.2 Å². The lowest BCUT2D eigenvalue weighted by Crippen LogP contribution is -2.42. The third kappa shape index (κ3) is 10.4. The first-order chi connectivity index (χ1) is 28.3. The zero-order valence-corrected chi connectivity index (χ0v) is 32.6. The van der Waals surface area contributed by atoms with Gasteiger partial charge in [0.25, 0.3) is 5.91 Å². The number of primary amides is 1. The number of carbonyl (C=O) groups excluding carboxylic acids is 4. The second kappa shape index (κ2) is 19.2. The van der Waals surface area contributed by atoms with Gasteiger partial charge in [0.1, 0.15) is 6.10 Å². The summed E-state index contributed by atoms with van der Waals surface area (Å²) in [4.78, 5) is 54.9. The normalized spacial score (nSPS) is 15.3. The maximum atomic E-state index is 13.5. The van der Waals surface area contributed by atoms with E-state index in [0.29, 0.717) is 68.8 Å². The van der Waals surface area contributed by atoms with Crippen LogP contribution in [0.2, 0.25) is 0 Å². The zero-order chi connectivity index (χ0) is 40.3. The van der Waals surface area contributed by atoms with E-state index in [1.165, 1.54) is 0 Å². The van der Waals surface area contributed by atoms with Crippen molar-refractivity contribution in [1.29, 1.82) is 0 Å². The lowest BCUT2D eigenvalue weighted by Gasteiger charge is -2.31. The fourth-order valence-electron chi connectivity index (χ4n) is 7.86. The number of nitrogens with one attached hydrogen (secondary N) is 3. The summed E-state index contributed by atoms with van der Waals surface area (Å²) in [6.45, 7) is 4.06. The number of ether oxygens (including phenoxy) is 1. The highest BCUT2D eigenvalue weighted by Crippen LogP contribution is 2.42. The number of carbonyl (C=O) groups is 4. The summed E-state index contributed by atoms with van der Waals surface area (Å²) in [5.74, 6) is -0.810. The van der Waals surface area contributed by atoms with Gasteiger partial charge in [-0.15, -0.1) is 0 Å². The van der Waals surface area contributed by atoms with Crippen LogP contribution >= 0.6 is 0 Å². The monoisotopic (exact) mass is 778 g/mol. The van der Waals surface area contributed by atoms with Crippen LogP contribution in [0.15, 0.2) is 127 Å².